The highest BCUT2D eigenvalue weighted by molar-refractivity contribution is 7.90. The molecule has 7 heteroatoms. The lowest BCUT2D eigenvalue weighted by molar-refractivity contribution is -0.383. The molecule has 0 amide bonds. The second-order valence-electron chi connectivity index (χ2n) is 5.48. The molecule has 0 aliphatic rings. The largest absolute Gasteiger partial charge is 0.497 e. The Balaban J connectivity index is 2.05. The highest BCUT2D eigenvalue weighted by atomic mass is 32.2. The fourth-order valence-electron chi connectivity index (χ4n) is 2.70. The van der Waals surface area contributed by atoms with Crippen molar-refractivity contribution in [2.24, 2.45) is 0 Å². The molecule has 0 saturated carbocycles. The van der Waals surface area contributed by atoms with Crippen molar-refractivity contribution in [1.29, 1.82) is 0 Å². The summed E-state index contributed by atoms with van der Waals surface area (Å²) in [5.41, 5.74) is 0.484. The number of nitro benzene ring substituents is 1. The zero-order chi connectivity index (χ0) is 18.0. The van der Waals surface area contributed by atoms with Crippen LogP contribution >= 0.6 is 0 Å². The number of hydrogen-bond acceptors (Lipinski definition) is 5. The molecule has 0 unspecified atom stereocenters. The molecule has 0 saturated heterocycles. The summed E-state index contributed by atoms with van der Waals surface area (Å²) in [6, 6.07) is 15.7. The minimum absolute atomic E-state index is 0.0406. The first kappa shape index (κ1) is 16.9. The van der Waals surface area contributed by atoms with Crippen LogP contribution in [0.15, 0.2) is 65.6 Å². The lowest BCUT2D eigenvalue weighted by Crippen LogP contribution is -2.06. The van der Waals surface area contributed by atoms with E-state index in [0.717, 1.165) is 0 Å². The number of hydrogen-bond donors (Lipinski definition) is 0. The summed E-state index contributed by atoms with van der Waals surface area (Å²) < 4.78 is 30.4. The van der Waals surface area contributed by atoms with Gasteiger partial charge >= 0.3 is 0 Å². The van der Waals surface area contributed by atoms with Gasteiger partial charge in [-0.25, -0.2) is 8.42 Å². The summed E-state index contributed by atoms with van der Waals surface area (Å²) in [5.74, 6) is 0.331. The third kappa shape index (κ3) is 3.32. The molecule has 128 valence electrons. The normalized spacial score (nSPS) is 11.4. The Morgan fingerprint density at radius 2 is 1.60 bits per heavy atom. The van der Waals surface area contributed by atoms with Crippen molar-refractivity contribution in [3.63, 3.8) is 0 Å². The summed E-state index contributed by atoms with van der Waals surface area (Å²) in [5, 5.41) is 12.2. The van der Waals surface area contributed by atoms with Gasteiger partial charge in [0.25, 0.3) is 5.69 Å². The quantitative estimate of drug-likeness (QED) is 0.513. The van der Waals surface area contributed by atoms with Crippen LogP contribution in [0.5, 0.6) is 5.75 Å². The Bertz CT molecular complexity index is 1040. The summed E-state index contributed by atoms with van der Waals surface area (Å²) >= 11 is 0. The molecule has 0 fully saturated rings. The van der Waals surface area contributed by atoms with E-state index in [1.54, 1.807) is 36.4 Å². The highest BCUT2D eigenvalue weighted by Gasteiger charge is 2.20. The molecule has 0 heterocycles. The minimum atomic E-state index is -3.59. The SMILES string of the molecule is COc1ccc(S(=O)(=O)Cc2ccc([N+](=O)[O-])c3ccccc23)cc1. The lowest BCUT2D eigenvalue weighted by Gasteiger charge is -2.09. The van der Waals surface area contributed by atoms with Crippen molar-refractivity contribution in [1.82, 2.24) is 0 Å². The van der Waals surface area contributed by atoms with E-state index in [9.17, 15) is 18.5 Å². The van der Waals surface area contributed by atoms with Crippen molar-refractivity contribution in [2.75, 3.05) is 7.11 Å². The number of rotatable bonds is 5. The van der Waals surface area contributed by atoms with E-state index in [1.165, 1.54) is 31.4 Å². The van der Waals surface area contributed by atoms with Gasteiger partial charge < -0.3 is 4.74 Å². The van der Waals surface area contributed by atoms with Gasteiger partial charge in [0.1, 0.15) is 5.75 Å². The minimum Gasteiger partial charge on any atom is -0.497 e. The molecule has 25 heavy (non-hydrogen) atoms. The molecule has 0 spiro atoms. The summed E-state index contributed by atoms with van der Waals surface area (Å²) in [6.07, 6.45) is 0. The molecule has 6 nitrogen and oxygen atoms in total. The van der Waals surface area contributed by atoms with Gasteiger partial charge in [-0.15, -0.1) is 0 Å². The fourth-order valence-corrected chi connectivity index (χ4v) is 4.08. The standard InChI is InChI=1S/C18H15NO5S/c1-24-14-7-9-15(10-8-14)25(22,23)12-13-6-11-18(19(20)21)17-5-3-2-4-16(13)17/h2-11H,12H2,1H3. The Labute approximate surface area is 144 Å². The number of methoxy groups -OCH3 is 1. The molecule has 0 aromatic heterocycles. The molecular formula is C18H15NO5S. The van der Waals surface area contributed by atoms with Gasteiger partial charge in [-0.3, -0.25) is 10.1 Å². The third-order valence-electron chi connectivity index (χ3n) is 3.95. The van der Waals surface area contributed by atoms with Crippen LogP contribution < -0.4 is 4.74 Å². The molecule has 3 aromatic carbocycles. The van der Waals surface area contributed by atoms with Gasteiger partial charge in [0.05, 0.1) is 28.1 Å². The Morgan fingerprint density at radius 3 is 2.20 bits per heavy atom. The van der Waals surface area contributed by atoms with Crippen molar-refractivity contribution in [3.8, 4) is 5.75 Å². The molecule has 3 rings (SSSR count). The Kier molecular flexibility index (Phi) is 4.41. The van der Waals surface area contributed by atoms with Gasteiger partial charge in [-0.05, 0) is 41.3 Å². The van der Waals surface area contributed by atoms with Crippen molar-refractivity contribution < 1.29 is 18.1 Å². The van der Waals surface area contributed by atoms with Crippen LogP contribution in [-0.4, -0.2) is 20.5 Å². The average molecular weight is 357 g/mol. The van der Waals surface area contributed by atoms with Crippen molar-refractivity contribution in [2.45, 2.75) is 10.6 Å². The number of non-ortho nitro benzene ring substituents is 1. The third-order valence-corrected chi connectivity index (χ3v) is 5.63. The van der Waals surface area contributed by atoms with E-state index in [2.05, 4.69) is 0 Å². The lowest BCUT2D eigenvalue weighted by atomic mass is 10.0. The maximum Gasteiger partial charge on any atom is 0.277 e. The second-order valence-corrected chi connectivity index (χ2v) is 7.47. The monoisotopic (exact) mass is 357 g/mol. The van der Waals surface area contributed by atoms with Crippen LogP contribution in [0.25, 0.3) is 10.8 Å². The fraction of sp³-hybridized carbons (Fsp3) is 0.111. The maximum atomic E-state index is 12.7. The summed E-state index contributed by atoms with van der Waals surface area (Å²) in [7, 11) is -2.08. The van der Waals surface area contributed by atoms with E-state index >= 15 is 0 Å². The first-order chi connectivity index (χ1) is 11.9. The van der Waals surface area contributed by atoms with Gasteiger partial charge in [0.2, 0.25) is 0 Å². The van der Waals surface area contributed by atoms with Gasteiger partial charge in [-0.2, -0.15) is 0 Å². The number of nitro groups is 1. The van der Waals surface area contributed by atoms with Gasteiger partial charge in [-0.1, -0.05) is 24.3 Å². The van der Waals surface area contributed by atoms with Crippen LogP contribution in [0.4, 0.5) is 5.69 Å². The van der Waals surface area contributed by atoms with Gasteiger partial charge in [0.15, 0.2) is 9.84 Å². The van der Waals surface area contributed by atoms with Crippen LogP contribution in [-0.2, 0) is 15.6 Å². The predicted molar refractivity (Wildman–Crippen MR) is 94.5 cm³/mol. The molecule has 0 bridgehead atoms. The number of ether oxygens (including phenoxy) is 1. The van der Waals surface area contributed by atoms with E-state index < -0.39 is 14.8 Å². The molecule has 0 N–H and O–H groups in total. The maximum absolute atomic E-state index is 12.7. The van der Waals surface area contributed by atoms with Crippen molar-refractivity contribution >= 4 is 26.3 Å². The summed E-state index contributed by atoms with van der Waals surface area (Å²) in [6.45, 7) is 0. The van der Waals surface area contributed by atoms with Crippen LogP contribution in [0.1, 0.15) is 5.56 Å². The first-order valence-corrected chi connectivity index (χ1v) is 9.09. The van der Waals surface area contributed by atoms with E-state index in [0.29, 0.717) is 22.1 Å². The Hall–Kier alpha value is -2.93. The van der Waals surface area contributed by atoms with Gasteiger partial charge in [0, 0.05) is 6.07 Å². The van der Waals surface area contributed by atoms with E-state index in [4.69, 9.17) is 4.74 Å². The van der Waals surface area contributed by atoms with Crippen LogP contribution in [0, 0.1) is 10.1 Å². The van der Waals surface area contributed by atoms with Crippen molar-refractivity contribution in [3.05, 3.63) is 76.3 Å². The molecule has 0 radical (unpaired) electrons. The van der Waals surface area contributed by atoms with Crippen LogP contribution in [0.2, 0.25) is 0 Å². The van der Waals surface area contributed by atoms with E-state index in [1.807, 2.05) is 0 Å². The summed E-state index contributed by atoms with van der Waals surface area (Å²) in [4.78, 5) is 10.9. The highest BCUT2D eigenvalue weighted by Crippen LogP contribution is 2.30. The van der Waals surface area contributed by atoms with E-state index in [-0.39, 0.29) is 16.3 Å². The molecular weight excluding hydrogens is 342 g/mol. The molecule has 0 atom stereocenters. The van der Waals surface area contributed by atoms with Crippen LogP contribution in [0.3, 0.4) is 0 Å². The smallest absolute Gasteiger partial charge is 0.277 e. The molecule has 0 aliphatic carbocycles. The predicted octanol–water partition coefficient (Wildman–Crippen LogP) is 3.73. The zero-order valence-corrected chi connectivity index (χ0v) is 14.2. The molecule has 3 aromatic rings. The number of sulfone groups is 1. The second kappa shape index (κ2) is 6.52. The number of nitrogens with zero attached hydrogens (tertiary/aromatic N) is 1. The average Bonchev–Trinajstić information content (AvgIpc) is 2.61. The first-order valence-electron chi connectivity index (χ1n) is 7.44. The zero-order valence-electron chi connectivity index (χ0n) is 13.4. The topological polar surface area (TPSA) is 86.5 Å². The number of benzene rings is 3. The molecule has 0 aliphatic heterocycles. The Morgan fingerprint density at radius 1 is 0.960 bits per heavy atom. The number of fused-ring (bicyclic) bond motifs is 1.